The first kappa shape index (κ1) is 18.0. The Bertz CT molecular complexity index is 930. The third-order valence-corrected chi connectivity index (χ3v) is 4.35. The molecule has 0 aliphatic carbocycles. The first-order valence-electron chi connectivity index (χ1n) is 8.22. The number of hydrogen-bond acceptors (Lipinski definition) is 3. The summed E-state index contributed by atoms with van der Waals surface area (Å²) in [6.45, 7) is 1.97. The summed E-state index contributed by atoms with van der Waals surface area (Å²) in [6.07, 6.45) is 0.265. The zero-order chi connectivity index (χ0) is 18.5. The van der Waals surface area contributed by atoms with E-state index in [1.807, 2.05) is 61.5 Å². The van der Waals surface area contributed by atoms with Crippen LogP contribution in [0, 0.1) is 6.92 Å². The highest BCUT2D eigenvalue weighted by molar-refractivity contribution is 6.33. The average molecular weight is 369 g/mol. The van der Waals surface area contributed by atoms with Gasteiger partial charge >= 0.3 is 0 Å². The Morgan fingerprint density at radius 2 is 1.85 bits per heavy atom. The zero-order valence-corrected chi connectivity index (χ0v) is 15.4. The molecule has 0 atom stereocenters. The van der Waals surface area contributed by atoms with Crippen molar-refractivity contribution in [3.05, 3.63) is 76.8 Å². The molecule has 3 aromatic rings. The van der Waals surface area contributed by atoms with E-state index in [-0.39, 0.29) is 13.8 Å². The van der Waals surface area contributed by atoms with Crippen molar-refractivity contribution in [1.82, 2.24) is 4.98 Å². The minimum absolute atomic E-state index is 0. The van der Waals surface area contributed by atoms with Gasteiger partial charge in [0.25, 0.3) is 0 Å². The predicted molar refractivity (Wildman–Crippen MR) is 107 cm³/mol. The van der Waals surface area contributed by atoms with Crippen molar-refractivity contribution in [3.63, 3.8) is 0 Å². The standard InChI is InChI=1S/C21H19ClN2O2.H2/c1-14-7-12-19(24-21(14)17-5-3-4-6-18(17)22)23-20(25)13-15-8-10-16(26-2)11-9-15;/h3-12H,13H2,1-2H3,(H,23,24,25);1H. The number of nitrogens with one attached hydrogen (secondary N) is 1. The molecular weight excluding hydrogens is 348 g/mol. The van der Waals surface area contributed by atoms with Gasteiger partial charge < -0.3 is 10.1 Å². The largest absolute Gasteiger partial charge is 0.497 e. The summed E-state index contributed by atoms with van der Waals surface area (Å²) in [7, 11) is 1.61. The number of aryl methyl sites for hydroxylation is 1. The normalized spacial score (nSPS) is 10.4. The molecule has 0 saturated heterocycles. The molecule has 0 aliphatic rings. The van der Waals surface area contributed by atoms with Crippen LogP contribution in [0.2, 0.25) is 5.02 Å². The molecule has 0 bridgehead atoms. The van der Waals surface area contributed by atoms with Crippen molar-refractivity contribution in [3.8, 4) is 17.0 Å². The molecule has 0 saturated carbocycles. The summed E-state index contributed by atoms with van der Waals surface area (Å²) in [5.41, 5.74) is 3.50. The Balaban J connectivity index is 0.00000261. The lowest BCUT2D eigenvalue weighted by Crippen LogP contribution is -2.15. The first-order valence-corrected chi connectivity index (χ1v) is 8.60. The zero-order valence-electron chi connectivity index (χ0n) is 14.6. The van der Waals surface area contributed by atoms with Crippen LogP contribution in [0.25, 0.3) is 11.3 Å². The lowest BCUT2D eigenvalue weighted by molar-refractivity contribution is -0.115. The monoisotopic (exact) mass is 368 g/mol. The topological polar surface area (TPSA) is 51.2 Å². The molecule has 2 aromatic carbocycles. The van der Waals surface area contributed by atoms with E-state index < -0.39 is 0 Å². The fourth-order valence-electron chi connectivity index (χ4n) is 2.64. The molecule has 0 spiro atoms. The summed E-state index contributed by atoms with van der Waals surface area (Å²) < 4.78 is 5.12. The van der Waals surface area contributed by atoms with Gasteiger partial charge in [-0.15, -0.1) is 0 Å². The molecule has 1 aromatic heterocycles. The molecular formula is C21H21ClN2O2. The van der Waals surface area contributed by atoms with E-state index in [0.717, 1.165) is 28.1 Å². The number of hydrogen-bond donors (Lipinski definition) is 1. The maximum Gasteiger partial charge on any atom is 0.229 e. The number of anilines is 1. The van der Waals surface area contributed by atoms with Gasteiger partial charge in [-0.25, -0.2) is 4.98 Å². The Morgan fingerprint density at radius 1 is 1.12 bits per heavy atom. The van der Waals surface area contributed by atoms with Crippen molar-refractivity contribution >= 4 is 23.3 Å². The average Bonchev–Trinajstić information content (AvgIpc) is 2.64. The summed E-state index contributed by atoms with van der Waals surface area (Å²) >= 11 is 6.28. The van der Waals surface area contributed by atoms with E-state index in [9.17, 15) is 4.79 Å². The highest BCUT2D eigenvalue weighted by Crippen LogP contribution is 2.29. The van der Waals surface area contributed by atoms with Crippen molar-refractivity contribution in [2.24, 2.45) is 0 Å². The van der Waals surface area contributed by atoms with Crippen molar-refractivity contribution in [2.75, 3.05) is 12.4 Å². The van der Waals surface area contributed by atoms with Crippen LogP contribution in [0.3, 0.4) is 0 Å². The van der Waals surface area contributed by atoms with Gasteiger partial charge in [-0.1, -0.05) is 48.0 Å². The number of ether oxygens (including phenoxy) is 1. The second-order valence-corrected chi connectivity index (χ2v) is 6.32. The van der Waals surface area contributed by atoms with Gasteiger partial charge in [0.1, 0.15) is 11.6 Å². The van der Waals surface area contributed by atoms with Crippen molar-refractivity contribution < 1.29 is 11.0 Å². The van der Waals surface area contributed by atoms with Gasteiger partial charge in [0, 0.05) is 12.0 Å². The molecule has 3 rings (SSSR count). The molecule has 134 valence electrons. The first-order chi connectivity index (χ1) is 12.6. The number of carbonyl (C=O) groups is 1. The molecule has 26 heavy (non-hydrogen) atoms. The Labute approximate surface area is 159 Å². The SMILES string of the molecule is COc1ccc(CC(=O)Nc2ccc(C)c(-c3ccccc3Cl)n2)cc1.[HH]. The highest BCUT2D eigenvalue weighted by Gasteiger charge is 2.11. The summed E-state index contributed by atoms with van der Waals surface area (Å²) in [5, 5.41) is 3.48. The van der Waals surface area contributed by atoms with Gasteiger partial charge in [0.05, 0.1) is 19.2 Å². The van der Waals surface area contributed by atoms with E-state index in [4.69, 9.17) is 16.3 Å². The van der Waals surface area contributed by atoms with Gasteiger partial charge in [0.15, 0.2) is 0 Å². The lowest BCUT2D eigenvalue weighted by Gasteiger charge is -2.11. The highest BCUT2D eigenvalue weighted by atomic mass is 35.5. The maximum absolute atomic E-state index is 12.3. The summed E-state index contributed by atoms with van der Waals surface area (Å²) in [4.78, 5) is 16.9. The summed E-state index contributed by atoms with van der Waals surface area (Å²) in [6, 6.07) is 18.7. The van der Waals surface area contributed by atoms with Crippen LogP contribution < -0.4 is 10.1 Å². The number of rotatable bonds is 5. The van der Waals surface area contributed by atoms with Crippen LogP contribution in [0.5, 0.6) is 5.75 Å². The quantitative estimate of drug-likeness (QED) is 0.677. The number of aromatic nitrogens is 1. The maximum atomic E-state index is 12.3. The Morgan fingerprint density at radius 3 is 2.54 bits per heavy atom. The van der Waals surface area contributed by atoms with E-state index in [1.54, 1.807) is 13.2 Å². The summed E-state index contributed by atoms with van der Waals surface area (Å²) in [5.74, 6) is 1.14. The smallest absolute Gasteiger partial charge is 0.229 e. The van der Waals surface area contributed by atoms with E-state index in [0.29, 0.717) is 10.8 Å². The van der Waals surface area contributed by atoms with Crippen LogP contribution in [-0.2, 0) is 11.2 Å². The van der Waals surface area contributed by atoms with E-state index in [2.05, 4.69) is 10.3 Å². The molecule has 4 nitrogen and oxygen atoms in total. The van der Waals surface area contributed by atoms with Gasteiger partial charge in [0.2, 0.25) is 5.91 Å². The fourth-order valence-corrected chi connectivity index (χ4v) is 2.87. The number of pyridine rings is 1. The number of methoxy groups -OCH3 is 1. The minimum Gasteiger partial charge on any atom is -0.497 e. The predicted octanol–water partition coefficient (Wildman–Crippen LogP) is 5.15. The van der Waals surface area contributed by atoms with Crippen LogP contribution in [0.15, 0.2) is 60.7 Å². The second-order valence-electron chi connectivity index (χ2n) is 5.91. The van der Waals surface area contributed by atoms with Crippen LogP contribution >= 0.6 is 11.6 Å². The van der Waals surface area contributed by atoms with Crippen LogP contribution in [0.1, 0.15) is 12.6 Å². The molecule has 1 N–H and O–H groups in total. The van der Waals surface area contributed by atoms with E-state index in [1.165, 1.54) is 0 Å². The lowest BCUT2D eigenvalue weighted by atomic mass is 10.1. The molecule has 0 fully saturated rings. The molecule has 5 heteroatoms. The third-order valence-electron chi connectivity index (χ3n) is 4.02. The molecule has 1 amide bonds. The third kappa shape index (κ3) is 4.21. The van der Waals surface area contributed by atoms with Crippen molar-refractivity contribution in [1.29, 1.82) is 0 Å². The Kier molecular flexibility index (Phi) is 5.54. The molecule has 1 heterocycles. The fraction of sp³-hybridized carbons (Fsp3) is 0.143. The number of carbonyl (C=O) groups excluding carboxylic acids is 1. The number of amides is 1. The second kappa shape index (κ2) is 8.02. The van der Waals surface area contributed by atoms with Crippen molar-refractivity contribution in [2.45, 2.75) is 13.3 Å². The van der Waals surface area contributed by atoms with E-state index >= 15 is 0 Å². The molecule has 0 unspecified atom stereocenters. The Hall–Kier alpha value is -2.85. The van der Waals surface area contributed by atoms with Gasteiger partial charge in [-0.2, -0.15) is 0 Å². The van der Waals surface area contributed by atoms with Crippen LogP contribution in [-0.4, -0.2) is 18.0 Å². The minimum atomic E-state index is -0.128. The molecule has 0 aliphatic heterocycles. The number of halogens is 1. The number of nitrogens with zero attached hydrogens (tertiary/aromatic N) is 1. The van der Waals surface area contributed by atoms with Crippen LogP contribution in [0.4, 0.5) is 5.82 Å². The van der Waals surface area contributed by atoms with Gasteiger partial charge in [-0.3, -0.25) is 4.79 Å². The number of benzene rings is 2. The van der Waals surface area contributed by atoms with Gasteiger partial charge in [-0.05, 0) is 42.3 Å². The molecule has 0 radical (unpaired) electrons.